The van der Waals surface area contributed by atoms with Crippen LogP contribution in [0.3, 0.4) is 0 Å². The van der Waals surface area contributed by atoms with Crippen molar-refractivity contribution in [3.63, 3.8) is 0 Å². The first-order chi connectivity index (χ1) is 16.7. The van der Waals surface area contributed by atoms with Crippen molar-refractivity contribution in [3.8, 4) is 11.9 Å². The van der Waals surface area contributed by atoms with Crippen LogP contribution >= 0.6 is 24.8 Å². The smallest absolute Gasteiger partial charge is 0.251 e. The first kappa shape index (κ1) is 26.4. The Morgan fingerprint density at radius 2 is 1.94 bits per heavy atom. The van der Waals surface area contributed by atoms with E-state index in [0.717, 1.165) is 86.2 Å². The highest BCUT2D eigenvalue weighted by Gasteiger charge is 2.31. The minimum absolute atomic E-state index is 0. The number of ether oxygens (including phenoxy) is 1. The van der Waals surface area contributed by atoms with Gasteiger partial charge in [0.25, 0.3) is 5.56 Å². The summed E-state index contributed by atoms with van der Waals surface area (Å²) in [6.45, 7) is 4.98. The summed E-state index contributed by atoms with van der Waals surface area (Å²) in [5.41, 5.74) is 4.85. The minimum atomic E-state index is 0. The van der Waals surface area contributed by atoms with Crippen LogP contribution in [-0.4, -0.2) is 51.9 Å². The Labute approximate surface area is 222 Å². The fraction of sp³-hybridized carbons (Fsp3) is 0.462. The second-order valence-corrected chi connectivity index (χ2v) is 9.63. The molecule has 1 aromatic carbocycles. The molecule has 5 heterocycles. The number of piperidine rings is 1. The van der Waals surface area contributed by atoms with Crippen LogP contribution in [0.2, 0.25) is 0 Å². The first-order valence-corrected chi connectivity index (χ1v) is 12.2. The van der Waals surface area contributed by atoms with E-state index in [9.17, 15) is 10.1 Å². The molecule has 0 saturated carbocycles. The van der Waals surface area contributed by atoms with Crippen LogP contribution in [0.4, 0.5) is 0 Å². The molecule has 36 heavy (non-hydrogen) atoms. The van der Waals surface area contributed by atoms with E-state index >= 15 is 0 Å². The monoisotopic (exact) mass is 528 g/mol. The van der Waals surface area contributed by atoms with E-state index in [0.29, 0.717) is 24.0 Å². The van der Waals surface area contributed by atoms with Crippen LogP contribution in [-0.2, 0) is 19.5 Å². The molecule has 0 aliphatic carbocycles. The molecule has 1 fully saturated rings. The van der Waals surface area contributed by atoms with Crippen LogP contribution in [0.15, 0.2) is 35.1 Å². The van der Waals surface area contributed by atoms with Gasteiger partial charge < -0.3 is 19.5 Å². The summed E-state index contributed by atoms with van der Waals surface area (Å²) in [6.07, 6.45) is 4.18. The van der Waals surface area contributed by atoms with E-state index in [2.05, 4.69) is 32.5 Å². The molecule has 1 atom stereocenters. The summed E-state index contributed by atoms with van der Waals surface area (Å²) < 4.78 is 7.42. The second kappa shape index (κ2) is 11.1. The average Bonchev–Trinajstić information content (AvgIpc) is 3.26. The second-order valence-electron chi connectivity index (χ2n) is 9.63. The van der Waals surface area contributed by atoms with Gasteiger partial charge in [0.05, 0.1) is 29.5 Å². The van der Waals surface area contributed by atoms with Crippen LogP contribution in [0, 0.1) is 11.3 Å². The number of aryl methyl sites for hydroxylation is 1. The lowest BCUT2D eigenvalue weighted by atomic mass is 9.93. The Morgan fingerprint density at radius 1 is 1.14 bits per heavy atom. The van der Waals surface area contributed by atoms with Gasteiger partial charge in [-0.05, 0) is 62.4 Å². The van der Waals surface area contributed by atoms with Crippen molar-refractivity contribution in [1.29, 1.82) is 5.26 Å². The molecule has 6 rings (SSSR count). The third-order valence-electron chi connectivity index (χ3n) is 7.47. The molecule has 0 bridgehead atoms. The Hall–Kier alpha value is -2.70. The normalized spacial score (nSPS) is 19.0. The molecule has 1 unspecified atom stereocenters. The van der Waals surface area contributed by atoms with Crippen molar-refractivity contribution in [1.82, 2.24) is 25.0 Å². The maximum atomic E-state index is 12.5. The summed E-state index contributed by atoms with van der Waals surface area (Å²) in [5, 5.41) is 23.0. The summed E-state index contributed by atoms with van der Waals surface area (Å²) in [7, 11) is 0. The SMILES string of the molecule is Cl.Cl.N#Cc1ccc2ccc(=O)n3c2c1C(CN1CCC(NCc2cc4c(nn2)OCCC4)CC1)C3. The maximum absolute atomic E-state index is 12.5. The number of likely N-dealkylation sites (tertiary alicyclic amines) is 1. The average molecular weight is 529 g/mol. The van der Waals surface area contributed by atoms with Gasteiger partial charge in [-0.25, -0.2) is 0 Å². The zero-order valence-electron chi connectivity index (χ0n) is 20.0. The van der Waals surface area contributed by atoms with Gasteiger partial charge in [-0.3, -0.25) is 4.79 Å². The molecule has 1 N–H and O–H groups in total. The minimum Gasteiger partial charge on any atom is -0.476 e. The molecule has 1 saturated heterocycles. The molecule has 10 heteroatoms. The summed E-state index contributed by atoms with van der Waals surface area (Å²) in [6, 6.07) is 12.3. The van der Waals surface area contributed by atoms with E-state index in [1.54, 1.807) is 6.07 Å². The Kier molecular flexibility index (Phi) is 8.16. The number of fused-ring (bicyclic) bond motifs is 1. The number of aromatic nitrogens is 3. The predicted octanol–water partition coefficient (Wildman–Crippen LogP) is 3.18. The summed E-state index contributed by atoms with van der Waals surface area (Å²) >= 11 is 0. The molecule has 0 radical (unpaired) electrons. The van der Waals surface area contributed by atoms with Crippen molar-refractivity contribution in [2.45, 2.75) is 50.7 Å². The largest absolute Gasteiger partial charge is 0.476 e. The molecule has 3 aliphatic rings. The lowest BCUT2D eigenvalue weighted by molar-refractivity contribution is 0.184. The van der Waals surface area contributed by atoms with Crippen LogP contribution in [0.1, 0.15) is 47.6 Å². The lowest BCUT2D eigenvalue weighted by Crippen LogP contribution is -2.43. The zero-order chi connectivity index (χ0) is 23.1. The number of nitrogens with one attached hydrogen (secondary N) is 1. The molecule has 0 amide bonds. The number of nitrogens with zero attached hydrogens (tertiary/aromatic N) is 5. The summed E-state index contributed by atoms with van der Waals surface area (Å²) in [5.74, 6) is 0.862. The van der Waals surface area contributed by atoms with Crippen molar-refractivity contribution in [2.75, 3.05) is 26.2 Å². The lowest BCUT2D eigenvalue weighted by Gasteiger charge is -2.34. The van der Waals surface area contributed by atoms with Gasteiger partial charge in [0.1, 0.15) is 0 Å². The van der Waals surface area contributed by atoms with Gasteiger partial charge in [-0.1, -0.05) is 6.07 Å². The molecule has 3 aliphatic heterocycles. The molecule has 3 aromatic rings. The molecule has 0 spiro atoms. The Balaban J connectivity index is 0.00000152. The van der Waals surface area contributed by atoms with Gasteiger partial charge in [0, 0.05) is 48.8 Å². The number of nitriles is 1. The van der Waals surface area contributed by atoms with Crippen molar-refractivity contribution in [3.05, 3.63) is 63.1 Å². The third-order valence-corrected chi connectivity index (χ3v) is 7.47. The highest BCUT2D eigenvalue weighted by molar-refractivity contribution is 5.86. The van der Waals surface area contributed by atoms with Crippen LogP contribution in [0.25, 0.3) is 10.9 Å². The van der Waals surface area contributed by atoms with Crippen molar-refractivity contribution < 1.29 is 4.74 Å². The molecular weight excluding hydrogens is 499 g/mol. The number of hydrogen-bond donors (Lipinski definition) is 1. The number of halogens is 2. The standard InChI is InChI=1S/C26H28N6O2.2ClH/c27-13-19-4-3-17-5-6-23(33)32-16-20(24(19)25(17)32)15-31-9-7-21(8-10-31)28-14-22-12-18-2-1-11-34-26(18)30-29-22;;/h3-6,12,20-21,28H,1-2,7-11,14-16H2;2*1H. The molecule has 8 nitrogen and oxygen atoms in total. The van der Waals surface area contributed by atoms with E-state index in [-0.39, 0.29) is 36.3 Å². The number of pyridine rings is 1. The van der Waals surface area contributed by atoms with Crippen molar-refractivity contribution in [2.24, 2.45) is 0 Å². The van der Waals surface area contributed by atoms with Crippen molar-refractivity contribution >= 4 is 35.7 Å². The first-order valence-electron chi connectivity index (χ1n) is 12.2. The highest BCUT2D eigenvalue weighted by atomic mass is 35.5. The molecule has 2 aromatic heterocycles. The third kappa shape index (κ3) is 4.94. The number of benzene rings is 1. The van der Waals surface area contributed by atoms with E-state index < -0.39 is 0 Å². The van der Waals surface area contributed by atoms with Crippen LogP contribution < -0.4 is 15.6 Å². The van der Waals surface area contributed by atoms with Gasteiger partial charge in [-0.15, -0.1) is 29.9 Å². The Bertz CT molecular complexity index is 1350. The van der Waals surface area contributed by atoms with E-state index in [4.69, 9.17) is 4.74 Å². The predicted molar refractivity (Wildman–Crippen MR) is 142 cm³/mol. The number of rotatable bonds is 5. The fourth-order valence-electron chi connectivity index (χ4n) is 5.74. The highest BCUT2D eigenvalue weighted by Crippen LogP contribution is 2.36. The Morgan fingerprint density at radius 3 is 2.75 bits per heavy atom. The van der Waals surface area contributed by atoms with Gasteiger partial charge in [0.2, 0.25) is 5.88 Å². The summed E-state index contributed by atoms with van der Waals surface area (Å²) in [4.78, 5) is 15.0. The number of hydrogen-bond acceptors (Lipinski definition) is 7. The topological polar surface area (TPSA) is 96.1 Å². The quantitative estimate of drug-likeness (QED) is 0.543. The molecular formula is C26H30Cl2N6O2. The zero-order valence-corrected chi connectivity index (χ0v) is 21.6. The molecule has 190 valence electrons. The van der Waals surface area contributed by atoms with Gasteiger partial charge in [-0.2, -0.15) is 10.4 Å². The van der Waals surface area contributed by atoms with Gasteiger partial charge >= 0.3 is 0 Å². The fourth-order valence-corrected chi connectivity index (χ4v) is 5.74. The van der Waals surface area contributed by atoms with E-state index in [1.165, 1.54) is 0 Å². The maximum Gasteiger partial charge on any atom is 0.251 e. The van der Waals surface area contributed by atoms with E-state index in [1.807, 2.05) is 22.8 Å². The van der Waals surface area contributed by atoms with Gasteiger partial charge in [0.15, 0.2) is 0 Å². The van der Waals surface area contributed by atoms with Crippen LogP contribution in [0.5, 0.6) is 5.88 Å².